The highest BCUT2D eigenvalue weighted by molar-refractivity contribution is 5.56. The minimum absolute atomic E-state index is 0.0766. The average Bonchev–Trinajstić information content (AvgIpc) is 2.38. The smallest absolute Gasteiger partial charge is 0.155 e. The predicted molar refractivity (Wildman–Crippen MR) is 83.5 cm³/mol. The Hall–Kier alpha value is -1.65. The zero-order valence-electron chi connectivity index (χ0n) is 13.4. The molecule has 0 radical (unpaired) electrons. The lowest BCUT2D eigenvalue weighted by Crippen LogP contribution is -2.22. The fourth-order valence-corrected chi connectivity index (χ4v) is 2.41. The van der Waals surface area contributed by atoms with E-state index in [9.17, 15) is 9.30 Å². The lowest BCUT2D eigenvalue weighted by molar-refractivity contribution is -0.0255. The number of benzene rings is 1. The SMILES string of the molecule is CC(C)c1cc(F)cc(C(C)CCC(C)(C)ON=O)c1N. The summed E-state index contributed by atoms with van der Waals surface area (Å²) in [5.74, 6) is -0.0155. The van der Waals surface area contributed by atoms with Gasteiger partial charge in [-0.25, -0.2) is 4.39 Å². The van der Waals surface area contributed by atoms with Crippen LogP contribution in [-0.2, 0) is 4.84 Å². The normalized spacial score (nSPS) is 13.3. The van der Waals surface area contributed by atoms with Crippen LogP contribution >= 0.6 is 0 Å². The molecule has 5 heteroatoms. The number of halogens is 1. The number of rotatable bonds is 7. The van der Waals surface area contributed by atoms with E-state index in [0.29, 0.717) is 12.1 Å². The maximum absolute atomic E-state index is 13.8. The summed E-state index contributed by atoms with van der Waals surface area (Å²) in [5.41, 5.74) is 7.87. The Kier molecular flexibility index (Phi) is 5.70. The summed E-state index contributed by atoms with van der Waals surface area (Å²) in [6.07, 6.45) is 1.36. The topological polar surface area (TPSA) is 64.7 Å². The van der Waals surface area contributed by atoms with Gasteiger partial charge in [0.05, 0.1) is 0 Å². The van der Waals surface area contributed by atoms with Crippen molar-refractivity contribution in [2.75, 3.05) is 5.73 Å². The van der Waals surface area contributed by atoms with E-state index >= 15 is 0 Å². The second kappa shape index (κ2) is 6.87. The first-order valence-electron chi connectivity index (χ1n) is 7.27. The molecule has 1 unspecified atom stereocenters. The number of nitrogens with zero attached hydrogens (tertiary/aromatic N) is 1. The first kappa shape index (κ1) is 17.4. The Labute approximate surface area is 125 Å². The molecule has 2 N–H and O–H groups in total. The Morgan fingerprint density at radius 3 is 2.38 bits per heavy atom. The summed E-state index contributed by atoms with van der Waals surface area (Å²) >= 11 is 0. The summed E-state index contributed by atoms with van der Waals surface area (Å²) in [6.45, 7) is 9.59. The van der Waals surface area contributed by atoms with Crippen LogP contribution in [0.4, 0.5) is 10.1 Å². The maximum atomic E-state index is 13.8. The number of nitrogens with two attached hydrogens (primary N) is 1. The molecule has 0 aliphatic carbocycles. The van der Waals surface area contributed by atoms with Gasteiger partial charge in [0.15, 0.2) is 5.34 Å². The highest BCUT2D eigenvalue weighted by Gasteiger charge is 2.23. The van der Waals surface area contributed by atoms with Gasteiger partial charge in [0.2, 0.25) is 0 Å². The number of nitrogen functional groups attached to an aromatic ring is 1. The molecule has 118 valence electrons. The second-order valence-corrected chi connectivity index (χ2v) is 6.52. The van der Waals surface area contributed by atoms with Crippen LogP contribution in [0.25, 0.3) is 0 Å². The Balaban J connectivity index is 2.92. The van der Waals surface area contributed by atoms with Crippen molar-refractivity contribution in [3.63, 3.8) is 0 Å². The molecule has 0 fully saturated rings. The van der Waals surface area contributed by atoms with Gasteiger partial charge in [0, 0.05) is 5.69 Å². The molecule has 0 aliphatic rings. The Morgan fingerprint density at radius 2 is 1.86 bits per heavy atom. The zero-order valence-corrected chi connectivity index (χ0v) is 13.4. The first-order valence-corrected chi connectivity index (χ1v) is 7.27. The molecule has 1 aromatic carbocycles. The number of hydrogen-bond donors (Lipinski definition) is 1. The van der Waals surface area contributed by atoms with Crippen LogP contribution in [0.15, 0.2) is 17.5 Å². The van der Waals surface area contributed by atoms with Gasteiger partial charge >= 0.3 is 0 Å². The fraction of sp³-hybridized carbons (Fsp3) is 0.625. The van der Waals surface area contributed by atoms with E-state index in [0.717, 1.165) is 17.5 Å². The summed E-state index contributed by atoms with van der Waals surface area (Å²) in [6, 6.07) is 3.00. The Morgan fingerprint density at radius 1 is 1.29 bits per heavy atom. The molecule has 0 aromatic heterocycles. The third-order valence-electron chi connectivity index (χ3n) is 3.83. The molecule has 21 heavy (non-hydrogen) atoms. The lowest BCUT2D eigenvalue weighted by atomic mass is 9.87. The van der Waals surface area contributed by atoms with E-state index in [4.69, 9.17) is 10.6 Å². The molecule has 4 nitrogen and oxygen atoms in total. The molecule has 0 aliphatic heterocycles. The molecule has 1 atom stereocenters. The Bertz CT molecular complexity index is 501. The van der Waals surface area contributed by atoms with E-state index in [1.165, 1.54) is 12.1 Å². The summed E-state index contributed by atoms with van der Waals surface area (Å²) in [7, 11) is 0. The molecular weight excluding hydrogens is 271 g/mol. The van der Waals surface area contributed by atoms with Crippen LogP contribution in [0.3, 0.4) is 0 Å². The molecule has 0 amide bonds. The minimum atomic E-state index is -0.626. The van der Waals surface area contributed by atoms with E-state index in [1.54, 1.807) is 13.8 Å². The number of hydrogen-bond acceptors (Lipinski definition) is 4. The summed E-state index contributed by atoms with van der Waals surface area (Å²) in [4.78, 5) is 15.0. The van der Waals surface area contributed by atoms with Crippen molar-refractivity contribution in [2.24, 2.45) is 5.34 Å². The molecule has 0 saturated heterocycles. The van der Waals surface area contributed by atoms with Gasteiger partial charge < -0.3 is 10.6 Å². The minimum Gasteiger partial charge on any atom is -0.398 e. The summed E-state index contributed by atoms with van der Waals surface area (Å²) < 4.78 is 13.8. The number of anilines is 1. The molecular formula is C16H25FN2O2. The van der Waals surface area contributed by atoms with Crippen molar-refractivity contribution in [1.82, 2.24) is 0 Å². The van der Waals surface area contributed by atoms with Crippen LogP contribution < -0.4 is 5.73 Å². The van der Waals surface area contributed by atoms with Crippen LogP contribution in [0.1, 0.15) is 70.4 Å². The van der Waals surface area contributed by atoms with Crippen molar-refractivity contribution in [1.29, 1.82) is 0 Å². The third-order valence-corrected chi connectivity index (χ3v) is 3.83. The predicted octanol–water partition coefficient (Wildman–Crippen LogP) is 4.89. The lowest BCUT2D eigenvalue weighted by Gasteiger charge is -2.24. The van der Waals surface area contributed by atoms with Crippen LogP contribution in [-0.4, -0.2) is 5.60 Å². The van der Waals surface area contributed by atoms with E-state index in [2.05, 4.69) is 5.34 Å². The van der Waals surface area contributed by atoms with E-state index in [-0.39, 0.29) is 17.7 Å². The quantitative estimate of drug-likeness (QED) is 0.442. The van der Waals surface area contributed by atoms with Gasteiger partial charge in [0.25, 0.3) is 0 Å². The highest BCUT2D eigenvalue weighted by Crippen LogP contribution is 2.34. The molecule has 1 rings (SSSR count). The van der Waals surface area contributed by atoms with Crippen molar-refractivity contribution in [3.05, 3.63) is 34.0 Å². The largest absolute Gasteiger partial charge is 0.398 e. The molecule has 0 spiro atoms. The first-order chi connectivity index (χ1) is 9.68. The van der Waals surface area contributed by atoms with Gasteiger partial charge in [-0.3, -0.25) is 0 Å². The standard InChI is InChI=1S/C16H25FN2O2/c1-10(2)13-8-12(17)9-14(15(13)18)11(3)6-7-16(4,5)21-19-20/h8-11H,6-7,18H2,1-5H3. The summed E-state index contributed by atoms with van der Waals surface area (Å²) in [5, 5.41) is 2.49. The van der Waals surface area contributed by atoms with E-state index < -0.39 is 5.60 Å². The van der Waals surface area contributed by atoms with Crippen LogP contribution in [0, 0.1) is 10.7 Å². The van der Waals surface area contributed by atoms with Crippen LogP contribution in [0.5, 0.6) is 0 Å². The maximum Gasteiger partial charge on any atom is 0.155 e. The zero-order chi connectivity index (χ0) is 16.2. The fourth-order valence-electron chi connectivity index (χ4n) is 2.41. The van der Waals surface area contributed by atoms with Gasteiger partial charge in [-0.2, -0.15) is 0 Å². The van der Waals surface area contributed by atoms with Gasteiger partial charge in [-0.1, -0.05) is 20.8 Å². The third kappa shape index (κ3) is 4.69. The van der Waals surface area contributed by atoms with Gasteiger partial charge in [-0.05, 0) is 61.8 Å². The van der Waals surface area contributed by atoms with Crippen LogP contribution in [0.2, 0.25) is 0 Å². The monoisotopic (exact) mass is 296 g/mol. The van der Waals surface area contributed by atoms with Gasteiger partial charge in [0.1, 0.15) is 11.4 Å². The van der Waals surface area contributed by atoms with Crippen molar-refractivity contribution in [2.45, 2.75) is 64.9 Å². The highest BCUT2D eigenvalue weighted by atomic mass is 19.1. The molecule has 0 saturated carbocycles. The molecule has 0 heterocycles. The van der Waals surface area contributed by atoms with Crippen molar-refractivity contribution in [3.8, 4) is 0 Å². The van der Waals surface area contributed by atoms with Crippen molar-refractivity contribution < 1.29 is 9.23 Å². The molecule has 1 aromatic rings. The second-order valence-electron chi connectivity index (χ2n) is 6.52. The van der Waals surface area contributed by atoms with Gasteiger partial charge in [-0.15, -0.1) is 4.91 Å². The average molecular weight is 296 g/mol. The molecule has 0 bridgehead atoms. The van der Waals surface area contributed by atoms with Crippen molar-refractivity contribution >= 4 is 5.69 Å². The van der Waals surface area contributed by atoms with E-state index in [1.807, 2.05) is 20.8 Å².